The van der Waals surface area contributed by atoms with Crippen molar-refractivity contribution >= 4 is 29.7 Å². The molecule has 1 fully saturated rings. The lowest BCUT2D eigenvalue weighted by molar-refractivity contribution is -0.288. The molecular formula is C29H32O14. The van der Waals surface area contributed by atoms with E-state index < -0.39 is 72.7 Å². The average Bonchev–Trinajstić information content (AvgIpc) is 2.93. The number of phenols is 1. The molecule has 14 nitrogen and oxygen atoms in total. The van der Waals surface area contributed by atoms with Gasteiger partial charge in [0.15, 0.2) is 18.8 Å². The van der Waals surface area contributed by atoms with Gasteiger partial charge < -0.3 is 43.0 Å². The number of methoxy groups -OCH3 is 1. The molecule has 1 aliphatic rings. The molecule has 0 aromatic heterocycles. The Morgan fingerprint density at radius 1 is 0.744 bits per heavy atom. The molecule has 1 saturated heterocycles. The van der Waals surface area contributed by atoms with Crippen LogP contribution >= 0.6 is 0 Å². The van der Waals surface area contributed by atoms with Gasteiger partial charge in [-0.05, 0) is 36.4 Å². The number of hydrogen-bond acceptors (Lipinski definition) is 14. The number of phenolic OH excluding ortho intramolecular Hbond substituents is 1. The number of rotatable bonds is 12. The van der Waals surface area contributed by atoms with Crippen LogP contribution in [0.15, 0.2) is 42.5 Å². The number of Topliss-reactive ketones (excluding diaryl/α,β-unsaturated/α-hetero) is 1. The van der Waals surface area contributed by atoms with Crippen LogP contribution in [-0.4, -0.2) is 85.8 Å². The summed E-state index contributed by atoms with van der Waals surface area (Å²) >= 11 is 0. The van der Waals surface area contributed by atoms with Crippen LogP contribution in [0.5, 0.6) is 23.0 Å². The van der Waals surface area contributed by atoms with E-state index in [0.717, 1.165) is 33.8 Å². The highest BCUT2D eigenvalue weighted by Crippen LogP contribution is 2.32. The molecule has 1 N–H and O–H groups in total. The first-order valence-corrected chi connectivity index (χ1v) is 13.0. The molecule has 2 aromatic carbocycles. The predicted molar refractivity (Wildman–Crippen MR) is 144 cm³/mol. The van der Waals surface area contributed by atoms with Gasteiger partial charge in [0.2, 0.25) is 18.2 Å². The van der Waals surface area contributed by atoms with Gasteiger partial charge in [-0.3, -0.25) is 24.0 Å². The second-order valence-corrected chi connectivity index (χ2v) is 9.25. The van der Waals surface area contributed by atoms with Crippen molar-refractivity contribution < 1.29 is 67.0 Å². The number of aromatic hydroxyl groups is 1. The maximum atomic E-state index is 12.7. The van der Waals surface area contributed by atoms with Gasteiger partial charge in [0.1, 0.15) is 35.7 Å². The highest BCUT2D eigenvalue weighted by atomic mass is 16.7. The van der Waals surface area contributed by atoms with E-state index in [9.17, 15) is 29.1 Å². The van der Waals surface area contributed by atoms with E-state index in [1.54, 1.807) is 24.3 Å². The van der Waals surface area contributed by atoms with Crippen molar-refractivity contribution in [1.82, 2.24) is 0 Å². The van der Waals surface area contributed by atoms with E-state index in [1.165, 1.54) is 19.2 Å². The molecule has 43 heavy (non-hydrogen) atoms. The minimum atomic E-state index is -1.51. The van der Waals surface area contributed by atoms with Crippen molar-refractivity contribution in [3.63, 3.8) is 0 Å². The van der Waals surface area contributed by atoms with Gasteiger partial charge in [-0.2, -0.15) is 0 Å². The summed E-state index contributed by atoms with van der Waals surface area (Å²) in [6.45, 7) is 3.62. The Bertz CT molecular complexity index is 1320. The molecule has 5 atom stereocenters. The van der Waals surface area contributed by atoms with Gasteiger partial charge in [-0.25, -0.2) is 0 Å². The van der Waals surface area contributed by atoms with Crippen LogP contribution in [0.3, 0.4) is 0 Å². The van der Waals surface area contributed by atoms with Crippen LogP contribution in [0.4, 0.5) is 0 Å². The van der Waals surface area contributed by atoms with Crippen LogP contribution in [0.1, 0.15) is 38.1 Å². The van der Waals surface area contributed by atoms with E-state index in [2.05, 4.69) is 0 Å². The third kappa shape index (κ3) is 9.33. The standard InChI is InChI=1S/C29H32O14/c1-15(30)37-14-25-26(39-16(2)31)27(40-17(3)32)28(41-18(4)33)29(43-25)42-21-10-11-22(23(34)12-21)24(35)13-38-20-8-6-19(36-5)7-9-20/h6-12,25-29,34H,13-14H2,1-5H3/t25-,26-,27-,28+,29+/m1/s1. The van der Waals surface area contributed by atoms with E-state index in [0.29, 0.717) is 11.5 Å². The lowest BCUT2D eigenvalue weighted by Gasteiger charge is -2.43. The largest absolute Gasteiger partial charge is 0.507 e. The molecule has 0 amide bonds. The summed E-state index contributed by atoms with van der Waals surface area (Å²) in [5, 5.41) is 10.6. The highest BCUT2D eigenvalue weighted by Gasteiger charge is 2.53. The minimum absolute atomic E-state index is 0.0361. The summed E-state index contributed by atoms with van der Waals surface area (Å²) < 4.78 is 43.4. The minimum Gasteiger partial charge on any atom is -0.507 e. The Balaban J connectivity index is 1.84. The fourth-order valence-corrected chi connectivity index (χ4v) is 4.14. The Hall–Kier alpha value is -4.85. The molecular weight excluding hydrogens is 572 g/mol. The summed E-state index contributed by atoms with van der Waals surface area (Å²) in [4.78, 5) is 60.0. The van der Waals surface area contributed by atoms with Gasteiger partial charge in [-0.15, -0.1) is 0 Å². The third-order valence-electron chi connectivity index (χ3n) is 5.90. The van der Waals surface area contributed by atoms with Crippen molar-refractivity contribution in [2.45, 2.75) is 58.4 Å². The number of ketones is 1. The number of carbonyl (C=O) groups is 5. The number of esters is 4. The van der Waals surface area contributed by atoms with Crippen molar-refractivity contribution in [2.24, 2.45) is 0 Å². The molecule has 1 heterocycles. The third-order valence-corrected chi connectivity index (χ3v) is 5.90. The van der Waals surface area contributed by atoms with E-state index in [-0.39, 0.29) is 17.9 Å². The zero-order chi connectivity index (χ0) is 31.7. The smallest absolute Gasteiger partial charge is 0.303 e. The maximum Gasteiger partial charge on any atom is 0.303 e. The monoisotopic (exact) mass is 604 g/mol. The zero-order valence-electron chi connectivity index (χ0n) is 24.1. The molecule has 2 aromatic rings. The van der Waals surface area contributed by atoms with Crippen LogP contribution in [0.25, 0.3) is 0 Å². The first-order valence-electron chi connectivity index (χ1n) is 13.0. The van der Waals surface area contributed by atoms with Crippen LogP contribution < -0.4 is 14.2 Å². The fraction of sp³-hybridized carbons (Fsp3) is 0.414. The van der Waals surface area contributed by atoms with E-state index >= 15 is 0 Å². The summed E-state index contributed by atoms with van der Waals surface area (Å²) in [5.41, 5.74) is -0.0672. The molecule has 0 bridgehead atoms. The lowest BCUT2D eigenvalue weighted by Crippen LogP contribution is -2.63. The molecule has 14 heteroatoms. The maximum absolute atomic E-state index is 12.7. The Morgan fingerprint density at radius 3 is 1.86 bits per heavy atom. The highest BCUT2D eigenvalue weighted by molar-refractivity contribution is 5.99. The van der Waals surface area contributed by atoms with E-state index in [4.69, 9.17) is 37.9 Å². The van der Waals surface area contributed by atoms with Gasteiger partial charge in [-0.1, -0.05) is 0 Å². The number of benzene rings is 2. The molecule has 0 radical (unpaired) electrons. The molecule has 1 aliphatic heterocycles. The summed E-state index contributed by atoms with van der Waals surface area (Å²) in [5.74, 6) is -3.05. The van der Waals surface area contributed by atoms with Crippen LogP contribution in [0.2, 0.25) is 0 Å². The van der Waals surface area contributed by atoms with Crippen molar-refractivity contribution in [3.05, 3.63) is 48.0 Å². The molecule has 0 spiro atoms. The Labute approximate surface area is 246 Å². The topological polar surface area (TPSA) is 179 Å². The fourth-order valence-electron chi connectivity index (χ4n) is 4.14. The summed E-state index contributed by atoms with van der Waals surface area (Å²) in [6.07, 6.45) is -7.00. The second kappa shape index (κ2) is 14.9. The zero-order valence-corrected chi connectivity index (χ0v) is 24.1. The first kappa shape index (κ1) is 32.7. The lowest BCUT2D eigenvalue weighted by atomic mass is 9.98. The van der Waals surface area contributed by atoms with Crippen molar-refractivity contribution in [3.8, 4) is 23.0 Å². The molecule has 3 rings (SSSR count). The first-order chi connectivity index (χ1) is 20.4. The predicted octanol–water partition coefficient (Wildman–Crippen LogP) is 2.12. The summed E-state index contributed by atoms with van der Waals surface area (Å²) in [6, 6.07) is 10.3. The molecule has 0 unspecified atom stereocenters. The van der Waals surface area contributed by atoms with Crippen molar-refractivity contribution in [1.29, 1.82) is 0 Å². The second-order valence-electron chi connectivity index (χ2n) is 9.25. The molecule has 232 valence electrons. The van der Waals surface area contributed by atoms with Gasteiger partial charge in [0, 0.05) is 33.8 Å². The number of ether oxygens (including phenoxy) is 8. The van der Waals surface area contributed by atoms with Crippen molar-refractivity contribution in [2.75, 3.05) is 20.3 Å². The molecule has 0 aliphatic carbocycles. The molecule has 0 saturated carbocycles. The normalized spacial score (nSPS) is 21.1. The van der Waals surface area contributed by atoms with Crippen LogP contribution in [-0.2, 0) is 42.9 Å². The van der Waals surface area contributed by atoms with Crippen LogP contribution in [0, 0.1) is 0 Å². The Morgan fingerprint density at radius 2 is 1.30 bits per heavy atom. The van der Waals surface area contributed by atoms with Gasteiger partial charge in [0.25, 0.3) is 0 Å². The Kier molecular flexibility index (Phi) is 11.3. The summed E-state index contributed by atoms with van der Waals surface area (Å²) in [7, 11) is 1.52. The quantitative estimate of drug-likeness (QED) is 0.211. The average molecular weight is 605 g/mol. The number of carbonyl (C=O) groups excluding carboxylic acids is 5. The number of hydrogen-bond donors (Lipinski definition) is 1. The van der Waals surface area contributed by atoms with E-state index in [1.807, 2.05) is 0 Å². The SMILES string of the molecule is COc1ccc(OCC(=O)c2ccc(O[C@H]3O[C@H](COC(C)=O)[C@@H](OC(C)=O)[C@@H](OC(C)=O)[C@@H]3OC(C)=O)cc2O)cc1. The van der Waals surface area contributed by atoms with Gasteiger partial charge >= 0.3 is 23.9 Å². The van der Waals surface area contributed by atoms with Gasteiger partial charge in [0.05, 0.1) is 12.7 Å².